The highest BCUT2D eigenvalue weighted by atomic mass is 16.7. The Bertz CT molecular complexity index is 337. The summed E-state index contributed by atoms with van der Waals surface area (Å²) in [6, 6.07) is 0. The first-order chi connectivity index (χ1) is 7.47. The van der Waals surface area contributed by atoms with Crippen LogP contribution >= 0.6 is 0 Å². The van der Waals surface area contributed by atoms with E-state index in [1.54, 1.807) is 0 Å². The van der Waals surface area contributed by atoms with Crippen LogP contribution in [-0.4, -0.2) is 19.0 Å². The van der Waals surface area contributed by atoms with Crippen LogP contribution in [0.1, 0.15) is 34.1 Å². The van der Waals surface area contributed by atoms with Crippen LogP contribution in [0.25, 0.3) is 0 Å². The molecule has 0 radical (unpaired) electrons. The van der Waals surface area contributed by atoms with Gasteiger partial charge in [-0.05, 0) is 37.5 Å². The second kappa shape index (κ2) is 3.11. The standard InChI is InChI=1S/C14H22O2/c1-9-5-6-10-12(13(10,2)3)11(9)14(4)15-7-8-16-14/h5,10-12H,6-8H2,1-4H3. The van der Waals surface area contributed by atoms with Gasteiger partial charge >= 0.3 is 0 Å². The van der Waals surface area contributed by atoms with Crippen molar-refractivity contribution in [2.45, 2.75) is 39.9 Å². The summed E-state index contributed by atoms with van der Waals surface area (Å²) in [5, 5.41) is 0. The molecule has 0 bridgehead atoms. The van der Waals surface area contributed by atoms with Crippen LogP contribution in [-0.2, 0) is 9.47 Å². The molecular weight excluding hydrogens is 200 g/mol. The van der Waals surface area contributed by atoms with Crippen molar-refractivity contribution in [3.63, 3.8) is 0 Å². The minimum absolute atomic E-state index is 0.363. The van der Waals surface area contributed by atoms with Crippen LogP contribution in [0.15, 0.2) is 11.6 Å². The number of allylic oxidation sites excluding steroid dienone is 1. The fourth-order valence-electron chi connectivity index (χ4n) is 4.07. The lowest BCUT2D eigenvalue weighted by atomic mass is 9.81. The molecule has 3 atom stereocenters. The van der Waals surface area contributed by atoms with Gasteiger partial charge in [0.2, 0.25) is 0 Å². The highest BCUT2D eigenvalue weighted by Gasteiger charge is 2.66. The Hall–Kier alpha value is -0.340. The summed E-state index contributed by atoms with van der Waals surface area (Å²) in [5.41, 5.74) is 1.94. The Morgan fingerprint density at radius 1 is 1.19 bits per heavy atom. The van der Waals surface area contributed by atoms with Crippen LogP contribution in [0, 0.1) is 23.2 Å². The van der Waals surface area contributed by atoms with Gasteiger partial charge in [0.1, 0.15) is 0 Å². The molecular formula is C14H22O2. The summed E-state index contributed by atoms with van der Waals surface area (Å²) in [6.07, 6.45) is 3.65. The molecule has 3 unspecified atom stereocenters. The van der Waals surface area contributed by atoms with E-state index >= 15 is 0 Å². The van der Waals surface area contributed by atoms with E-state index in [2.05, 4.69) is 33.8 Å². The molecule has 0 N–H and O–H groups in total. The van der Waals surface area contributed by atoms with Crippen LogP contribution in [0.2, 0.25) is 0 Å². The van der Waals surface area contributed by atoms with Crippen molar-refractivity contribution >= 4 is 0 Å². The minimum Gasteiger partial charge on any atom is -0.347 e. The normalized spacial score (nSPS) is 43.8. The Morgan fingerprint density at radius 3 is 2.44 bits per heavy atom. The topological polar surface area (TPSA) is 18.5 Å². The summed E-state index contributed by atoms with van der Waals surface area (Å²) in [6.45, 7) is 10.6. The molecule has 16 heavy (non-hydrogen) atoms. The number of ether oxygens (including phenoxy) is 2. The van der Waals surface area contributed by atoms with Gasteiger partial charge in [0.25, 0.3) is 0 Å². The van der Waals surface area contributed by atoms with Gasteiger partial charge in [-0.25, -0.2) is 0 Å². The monoisotopic (exact) mass is 222 g/mol. The van der Waals surface area contributed by atoms with Crippen molar-refractivity contribution in [2.24, 2.45) is 23.2 Å². The van der Waals surface area contributed by atoms with Crippen LogP contribution < -0.4 is 0 Å². The van der Waals surface area contributed by atoms with Gasteiger partial charge in [-0.3, -0.25) is 0 Å². The highest BCUT2D eigenvalue weighted by Crippen LogP contribution is 2.68. The lowest BCUT2D eigenvalue weighted by Gasteiger charge is -2.35. The summed E-state index contributed by atoms with van der Waals surface area (Å²) in [7, 11) is 0. The van der Waals surface area contributed by atoms with E-state index in [1.165, 1.54) is 12.0 Å². The van der Waals surface area contributed by atoms with Crippen molar-refractivity contribution in [2.75, 3.05) is 13.2 Å². The van der Waals surface area contributed by atoms with Crippen LogP contribution in [0.3, 0.4) is 0 Å². The summed E-state index contributed by atoms with van der Waals surface area (Å²) >= 11 is 0. The fraction of sp³-hybridized carbons (Fsp3) is 0.857. The molecule has 1 saturated carbocycles. The molecule has 2 nitrogen and oxygen atoms in total. The third-order valence-electron chi connectivity index (χ3n) is 5.11. The molecule has 1 heterocycles. The average Bonchev–Trinajstić information content (AvgIpc) is 2.61. The van der Waals surface area contributed by atoms with Crippen LogP contribution in [0.5, 0.6) is 0 Å². The zero-order chi connectivity index (χ0) is 11.6. The van der Waals surface area contributed by atoms with Gasteiger partial charge in [-0.15, -0.1) is 0 Å². The van der Waals surface area contributed by atoms with Gasteiger partial charge < -0.3 is 9.47 Å². The molecule has 0 aromatic rings. The maximum atomic E-state index is 5.88. The largest absolute Gasteiger partial charge is 0.347 e. The van der Waals surface area contributed by atoms with E-state index in [4.69, 9.17) is 9.47 Å². The van der Waals surface area contributed by atoms with Gasteiger partial charge in [-0.1, -0.05) is 25.5 Å². The Labute approximate surface area is 98.0 Å². The molecule has 3 rings (SSSR count). The van der Waals surface area contributed by atoms with Crippen LogP contribution in [0.4, 0.5) is 0 Å². The molecule has 2 aliphatic carbocycles. The van der Waals surface area contributed by atoms with E-state index in [9.17, 15) is 0 Å². The second-order valence-electron chi connectivity index (χ2n) is 6.33. The molecule has 2 fully saturated rings. The maximum absolute atomic E-state index is 5.88. The smallest absolute Gasteiger partial charge is 0.172 e. The first-order valence-electron chi connectivity index (χ1n) is 6.41. The van der Waals surface area contributed by atoms with Gasteiger partial charge in [-0.2, -0.15) is 0 Å². The number of rotatable bonds is 1. The van der Waals surface area contributed by atoms with Crippen molar-refractivity contribution in [1.29, 1.82) is 0 Å². The lowest BCUT2D eigenvalue weighted by molar-refractivity contribution is -0.180. The summed E-state index contributed by atoms with van der Waals surface area (Å²) in [5.74, 6) is 1.69. The fourth-order valence-corrected chi connectivity index (χ4v) is 4.07. The third kappa shape index (κ3) is 1.26. The molecule has 3 aliphatic rings. The minimum atomic E-state index is -0.363. The molecule has 0 amide bonds. The Balaban J connectivity index is 1.93. The van der Waals surface area contributed by atoms with Crippen molar-refractivity contribution in [1.82, 2.24) is 0 Å². The predicted octanol–water partition coefficient (Wildman–Crippen LogP) is 2.99. The average molecular weight is 222 g/mol. The first kappa shape index (κ1) is 10.8. The zero-order valence-electron chi connectivity index (χ0n) is 10.7. The van der Waals surface area contributed by atoms with E-state index in [0.29, 0.717) is 11.3 Å². The van der Waals surface area contributed by atoms with E-state index in [-0.39, 0.29) is 5.79 Å². The molecule has 0 spiro atoms. The molecule has 0 aromatic heterocycles. The van der Waals surface area contributed by atoms with E-state index < -0.39 is 0 Å². The number of hydrogen-bond acceptors (Lipinski definition) is 2. The van der Waals surface area contributed by atoms with Crippen molar-refractivity contribution < 1.29 is 9.47 Å². The van der Waals surface area contributed by atoms with Gasteiger partial charge in [0.15, 0.2) is 5.79 Å². The Morgan fingerprint density at radius 2 is 1.81 bits per heavy atom. The number of hydrogen-bond donors (Lipinski definition) is 0. The molecule has 90 valence electrons. The summed E-state index contributed by atoms with van der Waals surface area (Å²) in [4.78, 5) is 0. The van der Waals surface area contributed by atoms with Crippen molar-refractivity contribution in [3.05, 3.63) is 11.6 Å². The molecule has 0 aromatic carbocycles. The maximum Gasteiger partial charge on any atom is 0.172 e. The van der Waals surface area contributed by atoms with E-state index in [1.807, 2.05) is 0 Å². The van der Waals surface area contributed by atoms with Crippen molar-refractivity contribution in [3.8, 4) is 0 Å². The SMILES string of the molecule is CC1=CCC2C(C1C1(C)OCCO1)C2(C)C. The molecule has 1 saturated heterocycles. The number of fused-ring (bicyclic) bond motifs is 1. The van der Waals surface area contributed by atoms with Gasteiger partial charge in [0, 0.05) is 5.92 Å². The highest BCUT2D eigenvalue weighted by molar-refractivity contribution is 5.25. The first-order valence-corrected chi connectivity index (χ1v) is 6.41. The third-order valence-corrected chi connectivity index (χ3v) is 5.11. The zero-order valence-corrected chi connectivity index (χ0v) is 10.7. The van der Waals surface area contributed by atoms with Gasteiger partial charge in [0.05, 0.1) is 13.2 Å². The second-order valence-corrected chi connectivity index (χ2v) is 6.33. The predicted molar refractivity (Wildman–Crippen MR) is 62.9 cm³/mol. The summed E-state index contributed by atoms with van der Waals surface area (Å²) < 4.78 is 11.8. The van der Waals surface area contributed by atoms with E-state index in [0.717, 1.165) is 25.0 Å². The quantitative estimate of drug-likeness (QED) is 0.635. The molecule has 2 heteroatoms. The lowest BCUT2D eigenvalue weighted by Crippen LogP contribution is -2.39. The molecule has 1 aliphatic heterocycles. The Kier molecular flexibility index (Phi) is 2.10.